The highest BCUT2D eigenvalue weighted by atomic mass is 35.5. The molecule has 0 heterocycles. The first-order valence-corrected chi connectivity index (χ1v) is 15.6. The van der Waals surface area contributed by atoms with Crippen molar-refractivity contribution >= 4 is 96.6 Å². The van der Waals surface area contributed by atoms with Gasteiger partial charge < -0.3 is 28.9 Å². The molecular weight excluding hydrogens is 666 g/mol. The van der Waals surface area contributed by atoms with Gasteiger partial charge in [0, 0.05) is 29.8 Å². The Balaban J connectivity index is 1.67. The molecule has 0 spiro atoms. The van der Waals surface area contributed by atoms with Crippen molar-refractivity contribution in [3.63, 3.8) is 0 Å². The van der Waals surface area contributed by atoms with Crippen molar-refractivity contribution in [2.24, 2.45) is 0 Å². The van der Waals surface area contributed by atoms with E-state index in [0.29, 0.717) is 65.0 Å². The molecule has 9 nitrogen and oxygen atoms in total. The quantitative estimate of drug-likeness (QED) is 0.115. The Kier molecular flexibility index (Phi) is 13.2. The van der Waals surface area contributed by atoms with Gasteiger partial charge in [-0.05, 0) is 72.8 Å². The van der Waals surface area contributed by atoms with Crippen LogP contribution in [0.1, 0.15) is 0 Å². The van der Waals surface area contributed by atoms with Crippen LogP contribution in [0.4, 0.5) is 0 Å². The van der Waals surface area contributed by atoms with Gasteiger partial charge in [-0.1, -0.05) is 70.1 Å². The molecule has 0 amide bonds. The molecule has 3 aromatic rings. The second kappa shape index (κ2) is 16.1. The van der Waals surface area contributed by atoms with Gasteiger partial charge in [-0.15, -0.1) is 0 Å². The molecule has 3 N–H and O–H groups in total. The number of thioether (sulfide) groups is 3. The number of carbonyl (C=O) groups excluding carboxylic acids is 3. The topological polar surface area (TPSA) is 140 Å². The highest BCUT2D eigenvalue weighted by Crippen LogP contribution is 2.44. The molecule has 0 aliphatic rings. The van der Waals surface area contributed by atoms with E-state index in [1.807, 2.05) is 0 Å². The van der Waals surface area contributed by atoms with Gasteiger partial charge in [0.15, 0.2) is 0 Å². The van der Waals surface area contributed by atoms with Crippen LogP contribution in [0.15, 0.2) is 87.5 Å². The first-order valence-electron chi connectivity index (χ1n) is 10.8. The second-order valence-corrected chi connectivity index (χ2v) is 13.0. The van der Waals surface area contributed by atoms with Gasteiger partial charge in [0.25, 0.3) is 0 Å². The van der Waals surface area contributed by atoms with Crippen LogP contribution in [0.25, 0.3) is 0 Å². The average molecular weight is 684 g/mol. The number of halogens is 3. The van der Waals surface area contributed by atoms with Crippen LogP contribution in [-0.4, -0.2) is 49.5 Å². The fourth-order valence-electron chi connectivity index (χ4n) is 2.48. The summed E-state index contributed by atoms with van der Waals surface area (Å²) in [6.45, 7) is 0. The van der Waals surface area contributed by atoms with Crippen LogP contribution in [0.5, 0.6) is 0 Å². The van der Waals surface area contributed by atoms with Crippen LogP contribution in [0.3, 0.4) is 0 Å². The summed E-state index contributed by atoms with van der Waals surface area (Å²) >= 11 is 19.5. The SMILES string of the molecule is O=C(OP(OC(=O)C(O)Sc1ccc(Cl)cc1)OC(=O)C(O)Sc1ccc(Cl)cc1)C(O)Sc1ccc(Cl)cc1. The number of benzene rings is 3. The predicted molar refractivity (Wildman–Crippen MR) is 155 cm³/mol. The van der Waals surface area contributed by atoms with Gasteiger partial charge in [-0.25, -0.2) is 14.4 Å². The molecule has 0 aliphatic carbocycles. The fourth-order valence-corrected chi connectivity index (χ4v) is 6.01. The first kappa shape index (κ1) is 32.8. The summed E-state index contributed by atoms with van der Waals surface area (Å²) < 4.78 is 14.8. The van der Waals surface area contributed by atoms with Crippen molar-refractivity contribution in [1.29, 1.82) is 0 Å². The summed E-state index contributed by atoms with van der Waals surface area (Å²) in [4.78, 5) is 38.9. The minimum Gasteiger partial charge on any atom is -0.372 e. The summed E-state index contributed by atoms with van der Waals surface area (Å²) in [7, 11) is -3.15. The van der Waals surface area contributed by atoms with Gasteiger partial charge in [0.1, 0.15) is 0 Å². The molecule has 0 fully saturated rings. The monoisotopic (exact) mass is 682 g/mol. The minimum absolute atomic E-state index is 0.439. The largest absolute Gasteiger partial charge is 0.537 e. The smallest absolute Gasteiger partial charge is 0.372 e. The van der Waals surface area contributed by atoms with Gasteiger partial charge >= 0.3 is 26.5 Å². The zero-order valence-corrected chi connectivity index (χ0v) is 25.4. The van der Waals surface area contributed by atoms with E-state index in [1.54, 1.807) is 36.4 Å². The molecule has 0 saturated carbocycles. The summed E-state index contributed by atoms with van der Waals surface area (Å²) in [6.07, 6.45) is 0. The molecule has 0 bridgehead atoms. The van der Waals surface area contributed by atoms with Crippen LogP contribution in [0.2, 0.25) is 15.1 Å². The minimum atomic E-state index is -3.15. The molecule has 3 unspecified atom stereocenters. The lowest BCUT2D eigenvalue weighted by Gasteiger charge is -2.19. The van der Waals surface area contributed by atoms with Crippen molar-refractivity contribution in [2.45, 2.75) is 31.0 Å². The van der Waals surface area contributed by atoms with Gasteiger partial charge in [0.2, 0.25) is 16.3 Å². The summed E-state index contributed by atoms with van der Waals surface area (Å²) in [5.41, 5.74) is -5.44. The fraction of sp³-hybridized carbons (Fsp3) is 0.125. The van der Waals surface area contributed by atoms with Crippen LogP contribution >= 0.6 is 78.7 Å². The molecule has 16 heteroatoms. The van der Waals surface area contributed by atoms with Crippen LogP contribution in [-0.2, 0) is 28.0 Å². The predicted octanol–water partition coefficient (Wildman–Crippen LogP) is 6.14. The Morgan fingerprint density at radius 3 is 0.975 bits per heavy atom. The Morgan fingerprint density at radius 2 is 0.750 bits per heavy atom. The highest BCUT2D eigenvalue weighted by molar-refractivity contribution is 8.01. The van der Waals surface area contributed by atoms with E-state index in [4.69, 9.17) is 48.4 Å². The summed E-state index contributed by atoms with van der Waals surface area (Å²) in [6, 6.07) is 18.5. The van der Waals surface area contributed by atoms with E-state index in [0.717, 1.165) is 0 Å². The first-order chi connectivity index (χ1) is 19.0. The number of hydrogen-bond acceptors (Lipinski definition) is 12. The lowest BCUT2D eigenvalue weighted by Crippen LogP contribution is -2.25. The lowest BCUT2D eigenvalue weighted by molar-refractivity contribution is -0.148. The normalized spacial score (nSPS) is 13.9. The molecule has 3 rings (SSSR count). The van der Waals surface area contributed by atoms with Gasteiger partial charge in [-0.2, -0.15) is 0 Å². The zero-order valence-electron chi connectivity index (χ0n) is 19.8. The van der Waals surface area contributed by atoms with Crippen molar-refractivity contribution in [3.8, 4) is 0 Å². The Labute approximate surface area is 257 Å². The van der Waals surface area contributed by atoms with E-state index in [9.17, 15) is 29.7 Å². The van der Waals surface area contributed by atoms with E-state index >= 15 is 0 Å². The molecule has 0 saturated heterocycles. The summed E-state index contributed by atoms with van der Waals surface area (Å²) in [5.74, 6) is -3.94. The zero-order chi connectivity index (χ0) is 29.2. The van der Waals surface area contributed by atoms with E-state index < -0.39 is 42.8 Å². The third-order valence-corrected chi connectivity index (χ3v) is 8.91. The molecule has 0 aromatic heterocycles. The Bertz CT molecular complexity index is 1140. The number of rotatable bonds is 12. The standard InChI is InChI=1S/C24H18Cl3O9PS3/c25-13-1-7-16(8-2-13)38-22(31)19(28)34-37(35-20(29)23(32)39-17-9-3-14(26)4-10-17)36-21(30)24(33)40-18-11-5-15(27)6-12-18/h1-12,22-24,31-33H. The van der Waals surface area contributed by atoms with Gasteiger partial charge in [0.05, 0.1) is 0 Å². The Hall–Kier alpha value is -1.70. The summed E-state index contributed by atoms with van der Waals surface area (Å²) in [5, 5.41) is 32.1. The van der Waals surface area contributed by atoms with Crippen molar-refractivity contribution < 1.29 is 43.3 Å². The maximum Gasteiger partial charge on any atom is 0.537 e. The molecule has 3 aromatic carbocycles. The maximum absolute atomic E-state index is 12.5. The van der Waals surface area contributed by atoms with Crippen molar-refractivity contribution in [3.05, 3.63) is 87.9 Å². The van der Waals surface area contributed by atoms with E-state index in [-0.39, 0.29) is 0 Å². The third-order valence-electron chi connectivity index (χ3n) is 4.28. The third kappa shape index (κ3) is 10.9. The number of aliphatic hydroxyl groups is 3. The second-order valence-electron chi connectivity index (χ2n) is 7.23. The Morgan fingerprint density at radius 1 is 0.525 bits per heavy atom. The van der Waals surface area contributed by atoms with Crippen LogP contribution in [0, 0.1) is 0 Å². The van der Waals surface area contributed by atoms with E-state index in [2.05, 4.69) is 0 Å². The molecular formula is C24H18Cl3O9PS3. The van der Waals surface area contributed by atoms with E-state index in [1.165, 1.54) is 36.4 Å². The highest BCUT2D eigenvalue weighted by Gasteiger charge is 2.35. The maximum atomic E-state index is 12.5. The molecule has 212 valence electrons. The van der Waals surface area contributed by atoms with Crippen molar-refractivity contribution in [1.82, 2.24) is 0 Å². The molecule has 0 aliphatic heterocycles. The molecule has 3 atom stereocenters. The number of carbonyl (C=O) groups is 3. The lowest BCUT2D eigenvalue weighted by atomic mass is 10.4. The van der Waals surface area contributed by atoms with Gasteiger partial charge in [-0.3, -0.25) is 0 Å². The van der Waals surface area contributed by atoms with Crippen LogP contribution < -0.4 is 0 Å². The molecule has 0 radical (unpaired) electrons. The molecule has 40 heavy (non-hydrogen) atoms. The van der Waals surface area contributed by atoms with Crippen molar-refractivity contribution in [2.75, 3.05) is 0 Å². The number of hydrogen-bond donors (Lipinski definition) is 3. The number of aliphatic hydroxyl groups excluding tert-OH is 3. The average Bonchev–Trinajstić information content (AvgIpc) is 2.92.